The standard InChI is InChI=1S/C25H25ClF4N2O3/c1-35-24(25(28,29)30,17-3-2-4-18(26)13-17)22(34)32-11-9-23(10-12-32)14-21(33)31-15-20(23)16-5-7-19(27)8-6-16/h2-8,13,20H,9-12,14-15H2,1H3,(H,31,33)/t20-,24+/m0/s1. The zero-order valence-corrected chi connectivity index (χ0v) is 19.8. The normalized spacial score (nSPS) is 21.9. The number of benzene rings is 2. The molecule has 2 heterocycles. The minimum absolute atomic E-state index is 0.0194. The Morgan fingerprint density at radius 1 is 1.14 bits per heavy atom. The molecule has 0 bridgehead atoms. The molecule has 2 saturated heterocycles. The van der Waals surface area contributed by atoms with E-state index in [9.17, 15) is 27.2 Å². The first kappa shape index (κ1) is 25.4. The topological polar surface area (TPSA) is 58.6 Å². The van der Waals surface area contributed by atoms with E-state index in [1.54, 1.807) is 12.1 Å². The number of hydrogen-bond donors (Lipinski definition) is 1. The largest absolute Gasteiger partial charge is 0.430 e. The third kappa shape index (κ3) is 4.51. The second-order valence-electron chi connectivity index (χ2n) is 9.13. The molecule has 2 amide bonds. The average Bonchev–Trinajstić information content (AvgIpc) is 2.80. The van der Waals surface area contributed by atoms with Crippen molar-refractivity contribution >= 4 is 23.4 Å². The van der Waals surface area contributed by atoms with Crippen LogP contribution in [-0.2, 0) is 19.9 Å². The molecule has 0 radical (unpaired) electrons. The Balaban J connectivity index is 1.63. The third-order valence-corrected chi connectivity index (χ3v) is 7.55. The van der Waals surface area contributed by atoms with Gasteiger partial charge in [-0.3, -0.25) is 9.59 Å². The van der Waals surface area contributed by atoms with Crippen LogP contribution in [0.4, 0.5) is 17.6 Å². The van der Waals surface area contributed by atoms with Crippen molar-refractivity contribution in [2.24, 2.45) is 5.41 Å². The summed E-state index contributed by atoms with van der Waals surface area (Å²) in [6.07, 6.45) is -4.22. The molecule has 2 atom stereocenters. The number of halogens is 5. The van der Waals surface area contributed by atoms with E-state index in [4.69, 9.17) is 16.3 Å². The predicted molar refractivity (Wildman–Crippen MR) is 121 cm³/mol. The number of piperidine rings is 2. The zero-order chi connectivity index (χ0) is 25.4. The van der Waals surface area contributed by atoms with E-state index in [-0.39, 0.29) is 42.2 Å². The van der Waals surface area contributed by atoms with Gasteiger partial charge < -0.3 is 15.0 Å². The molecule has 2 fully saturated rings. The van der Waals surface area contributed by atoms with E-state index in [2.05, 4.69) is 5.32 Å². The third-order valence-electron chi connectivity index (χ3n) is 7.31. The van der Waals surface area contributed by atoms with Gasteiger partial charge in [-0.1, -0.05) is 35.9 Å². The highest BCUT2D eigenvalue weighted by atomic mass is 35.5. The summed E-state index contributed by atoms with van der Waals surface area (Å²) in [6.45, 7) is 0.378. The number of alkyl halides is 3. The number of methoxy groups -OCH3 is 1. The lowest BCUT2D eigenvalue weighted by atomic mass is 9.62. The van der Waals surface area contributed by atoms with Gasteiger partial charge in [0.2, 0.25) is 5.91 Å². The summed E-state index contributed by atoms with van der Waals surface area (Å²) in [5.74, 6) is -1.90. The van der Waals surface area contributed by atoms with Crippen LogP contribution in [0.2, 0.25) is 5.02 Å². The quantitative estimate of drug-likeness (QED) is 0.599. The van der Waals surface area contributed by atoms with Crippen LogP contribution >= 0.6 is 11.6 Å². The maximum absolute atomic E-state index is 14.4. The SMILES string of the molecule is CO[C@@](C(=O)N1CCC2(CC1)CC(=O)NC[C@H]2c1ccc(F)cc1)(c1cccc(Cl)c1)C(F)(F)F. The molecule has 188 valence electrons. The van der Waals surface area contributed by atoms with E-state index in [0.29, 0.717) is 19.4 Å². The second-order valence-corrected chi connectivity index (χ2v) is 9.57. The fraction of sp³-hybridized carbons (Fsp3) is 0.440. The van der Waals surface area contributed by atoms with Crippen LogP contribution in [0.3, 0.4) is 0 Å². The Bertz CT molecular complexity index is 1100. The Morgan fingerprint density at radius 2 is 1.80 bits per heavy atom. The molecule has 0 aromatic heterocycles. The summed E-state index contributed by atoms with van der Waals surface area (Å²) in [6, 6.07) is 11.0. The summed E-state index contributed by atoms with van der Waals surface area (Å²) in [7, 11) is 0.855. The van der Waals surface area contributed by atoms with Crippen molar-refractivity contribution in [3.63, 3.8) is 0 Å². The highest BCUT2D eigenvalue weighted by Crippen LogP contribution is 2.50. The van der Waals surface area contributed by atoms with Crippen LogP contribution < -0.4 is 5.32 Å². The summed E-state index contributed by atoms with van der Waals surface area (Å²) < 4.78 is 61.7. The minimum atomic E-state index is -5.04. The van der Waals surface area contributed by atoms with Gasteiger partial charge in [0.15, 0.2) is 0 Å². The van der Waals surface area contributed by atoms with Gasteiger partial charge in [0.25, 0.3) is 11.5 Å². The highest BCUT2D eigenvalue weighted by Gasteiger charge is 2.64. The molecule has 0 saturated carbocycles. The van der Waals surface area contributed by atoms with Gasteiger partial charge in [-0.15, -0.1) is 0 Å². The van der Waals surface area contributed by atoms with Gasteiger partial charge in [-0.25, -0.2) is 4.39 Å². The van der Waals surface area contributed by atoms with E-state index in [0.717, 1.165) is 23.6 Å². The van der Waals surface area contributed by atoms with Gasteiger partial charge in [0.1, 0.15) is 5.82 Å². The monoisotopic (exact) mass is 512 g/mol. The maximum Gasteiger partial charge on any atom is 0.430 e. The molecular weight excluding hydrogens is 488 g/mol. The number of hydrogen-bond acceptors (Lipinski definition) is 3. The van der Waals surface area contributed by atoms with Gasteiger partial charge in [0, 0.05) is 49.7 Å². The molecule has 2 aliphatic rings. The van der Waals surface area contributed by atoms with E-state index in [1.165, 1.54) is 30.3 Å². The first-order valence-electron chi connectivity index (χ1n) is 11.2. The smallest absolute Gasteiger partial charge is 0.356 e. The Morgan fingerprint density at radius 3 is 2.37 bits per heavy atom. The van der Waals surface area contributed by atoms with Crippen molar-refractivity contribution < 1.29 is 31.9 Å². The number of amides is 2. The van der Waals surface area contributed by atoms with Crippen molar-refractivity contribution in [1.29, 1.82) is 0 Å². The van der Waals surface area contributed by atoms with Crippen molar-refractivity contribution in [2.75, 3.05) is 26.7 Å². The van der Waals surface area contributed by atoms with Gasteiger partial charge in [-0.2, -0.15) is 13.2 Å². The van der Waals surface area contributed by atoms with Crippen molar-refractivity contribution in [1.82, 2.24) is 10.2 Å². The lowest BCUT2D eigenvalue weighted by molar-refractivity contribution is -0.271. The number of nitrogens with zero attached hydrogens (tertiary/aromatic N) is 1. The van der Waals surface area contributed by atoms with Crippen LogP contribution in [0.25, 0.3) is 0 Å². The Hall–Kier alpha value is -2.65. The van der Waals surface area contributed by atoms with Crippen molar-refractivity contribution in [3.8, 4) is 0 Å². The van der Waals surface area contributed by atoms with Crippen LogP contribution in [0, 0.1) is 11.2 Å². The molecule has 4 rings (SSSR count). The number of carbonyl (C=O) groups excluding carboxylic acids is 2. The van der Waals surface area contributed by atoms with E-state index in [1.807, 2.05) is 0 Å². The second kappa shape index (κ2) is 9.43. The Labute approximate surface area is 205 Å². The van der Waals surface area contributed by atoms with E-state index >= 15 is 0 Å². The van der Waals surface area contributed by atoms with Gasteiger partial charge >= 0.3 is 6.18 Å². The maximum atomic E-state index is 14.4. The van der Waals surface area contributed by atoms with Crippen LogP contribution in [0.5, 0.6) is 0 Å². The van der Waals surface area contributed by atoms with Crippen LogP contribution in [0.1, 0.15) is 36.3 Å². The summed E-state index contributed by atoms with van der Waals surface area (Å²) in [5.41, 5.74) is -3.32. The summed E-state index contributed by atoms with van der Waals surface area (Å²) in [5, 5.41) is 2.89. The molecule has 2 aliphatic heterocycles. The fourth-order valence-electron chi connectivity index (χ4n) is 5.44. The zero-order valence-electron chi connectivity index (χ0n) is 19.0. The molecule has 0 unspecified atom stereocenters. The fourth-order valence-corrected chi connectivity index (χ4v) is 5.63. The molecule has 2 aromatic rings. The van der Waals surface area contributed by atoms with E-state index < -0.39 is 28.7 Å². The minimum Gasteiger partial charge on any atom is -0.356 e. The predicted octanol–water partition coefficient (Wildman–Crippen LogP) is 4.80. The highest BCUT2D eigenvalue weighted by molar-refractivity contribution is 6.30. The number of likely N-dealkylation sites (tertiary alicyclic amines) is 1. The lowest BCUT2D eigenvalue weighted by Crippen LogP contribution is -2.60. The van der Waals surface area contributed by atoms with Gasteiger partial charge in [0.05, 0.1) is 0 Å². The first-order valence-corrected chi connectivity index (χ1v) is 11.6. The summed E-state index contributed by atoms with van der Waals surface area (Å²) >= 11 is 5.93. The van der Waals surface area contributed by atoms with Crippen LogP contribution in [-0.4, -0.2) is 49.6 Å². The average molecular weight is 513 g/mol. The Kier molecular flexibility index (Phi) is 6.85. The molecule has 0 aliphatic carbocycles. The van der Waals surface area contributed by atoms with Crippen molar-refractivity contribution in [2.45, 2.75) is 37.0 Å². The molecule has 1 N–H and O–H groups in total. The molecular formula is C25H25ClF4N2O3. The van der Waals surface area contributed by atoms with Crippen molar-refractivity contribution in [3.05, 3.63) is 70.5 Å². The van der Waals surface area contributed by atoms with Crippen LogP contribution in [0.15, 0.2) is 48.5 Å². The van der Waals surface area contributed by atoms with Gasteiger partial charge in [-0.05, 0) is 48.1 Å². The number of carbonyl (C=O) groups is 2. The molecule has 10 heteroatoms. The first-order chi connectivity index (χ1) is 16.5. The number of ether oxygens (including phenoxy) is 1. The number of rotatable bonds is 4. The summed E-state index contributed by atoms with van der Waals surface area (Å²) in [4.78, 5) is 26.9. The molecule has 5 nitrogen and oxygen atoms in total. The molecule has 2 aromatic carbocycles. The lowest BCUT2D eigenvalue weighted by Gasteiger charge is -2.50. The molecule has 35 heavy (non-hydrogen) atoms. The molecule has 1 spiro atoms. The number of nitrogens with one attached hydrogen (secondary N) is 1.